The van der Waals surface area contributed by atoms with Crippen LogP contribution in [0.3, 0.4) is 0 Å². The van der Waals surface area contributed by atoms with Crippen LogP contribution in [0.15, 0.2) is 27.7 Å². The predicted molar refractivity (Wildman–Crippen MR) is 113 cm³/mol. The van der Waals surface area contributed by atoms with Crippen LogP contribution in [0.25, 0.3) is 0 Å². The van der Waals surface area contributed by atoms with E-state index in [9.17, 15) is 9.18 Å². The second-order valence-corrected chi connectivity index (χ2v) is 10.9. The number of rotatable bonds is 1. The van der Waals surface area contributed by atoms with E-state index in [1.165, 1.54) is 6.07 Å². The lowest BCUT2D eigenvalue weighted by atomic mass is 9.79. The number of nitrogens with zero attached hydrogens (tertiary/aromatic N) is 1. The Morgan fingerprint density at radius 3 is 2.68 bits per heavy atom. The van der Waals surface area contributed by atoms with Crippen LogP contribution in [0.5, 0.6) is 0 Å². The van der Waals surface area contributed by atoms with Crippen molar-refractivity contribution < 1.29 is 18.7 Å². The molecule has 1 aromatic carbocycles. The summed E-state index contributed by atoms with van der Waals surface area (Å²) in [6, 6.07) is 4.89. The van der Waals surface area contributed by atoms with Crippen molar-refractivity contribution in [3.05, 3.63) is 34.1 Å². The first-order chi connectivity index (χ1) is 13.0. The minimum Gasteiger partial charge on any atom is -0.444 e. The molecule has 2 heterocycles. The van der Waals surface area contributed by atoms with Crippen molar-refractivity contribution in [3.63, 3.8) is 0 Å². The molecule has 0 unspecified atom stereocenters. The fraction of sp³-hybridized carbons (Fsp3) is 0.600. The van der Waals surface area contributed by atoms with E-state index in [1.807, 2.05) is 27.7 Å². The summed E-state index contributed by atoms with van der Waals surface area (Å²) in [6.45, 7) is 8.63. The maximum Gasteiger partial charge on any atom is 0.413 e. The van der Waals surface area contributed by atoms with Crippen molar-refractivity contribution in [2.75, 3.05) is 13.2 Å². The molecule has 1 amide bonds. The third-order valence-corrected chi connectivity index (χ3v) is 6.71. The Morgan fingerprint density at radius 1 is 1.36 bits per heavy atom. The van der Waals surface area contributed by atoms with Gasteiger partial charge in [0.2, 0.25) is 0 Å². The van der Waals surface area contributed by atoms with Crippen LogP contribution in [-0.4, -0.2) is 34.8 Å². The van der Waals surface area contributed by atoms with E-state index in [0.29, 0.717) is 30.4 Å². The van der Waals surface area contributed by atoms with Crippen molar-refractivity contribution in [1.29, 1.82) is 0 Å². The van der Waals surface area contributed by atoms with E-state index in [-0.39, 0.29) is 10.6 Å². The number of amidine groups is 1. The highest BCUT2D eigenvalue weighted by atomic mass is 79.9. The molecular formula is C20H26BrFN2O3S. The number of carbonyl (C=O) groups excluding carboxylic acids is 1. The van der Waals surface area contributed by atoms with Crippen LogP contribution in [0.4, 0.5) is 9.18 Å². The lowest BCUT2D eigenvalue weighted by molar-refractivity contribution is 0.0562. The van der Waals surface area contributed by atoms with Crippen LogP contribution >= 0.6 is 27.7 Å². The normalized spacial score (nSPS) is 24.6. The van der Waals surface area contributed by atoms with E-state index in [2.05, 4.69) is 21.2 Å². The summed E-state index contributed by atoms with van der Waals surface area (Å²) >= 11 is 4.97. The molecule has 1 saturated heterocycles. The van der Waals surface area contributed by atoms with Crippen molar-refractivity contribution >= 4 is 39.0 Å². The van der Waals surface area contributed by atoms with Gasteiger partial charge in [-0.1, -0.05) is 27.7 Å². The van der Waals surface area contributed by atoms with Crippen LogP contribution in [0.2, 0.25) is 0 Å². The fourth-order valence-corrected chi connectivity index (χ4v) is 5.56. The number of amides is 1. The van der Waals surface area contributed by atoms with Gasteiger partial charge in [0.1, 0.15) is 11.4 Å². The molecule has 0 bridgehead atoms. The zero-order chi connectivity index (χ0) is 20.6. The van der Waals surface area contributed by atoms with E-state index in [4.69, 9.17) is 14.5 Å². The maximum absolute atomic E-state index is 14.7. The summed E-state index contributed by atoms with van der Waals surface area (Å²) in [5.74, 6) is -0.305. The Hall–Kier alpha value is -1.12. The molecule has 154 valence electrons. The third-order valence-electron chi connectivity index (χ3n) is 4.85. The molecule has 3 rings (SSSR count). The average molecular weight is 473 g/mol. The lowest BCUT2D eigenvalue weighted by Crippen LogP contribution is -2.48. The zero-order valence-electron chi connectivity index (χ0n) is 16.6. The maximum atomic E-state index is 14.7. The molecule has 0 aromatic heterocycles. The second kappa shape index (κ2) is 7.95. The summed E-state index contributed by atoms with van der Waals surface area (Å²) in [6.07, 6.45) is 1.75. The van der Waals surface area contributed by atoms with Gasteiger partial charge in [-0.2, -0.15) is 0 Å². The summed E-state index contributed by atoms with van der Waals surface area (Å²) in [5, 5.41) is 3.25. The number of alkyl carbamates (subject to hydrolysis) is 1. The Morgan fingerprint density at radius 2 is 2.04 bits per heavy atom. The van der Waals surface area contributed by atoms with E-state index >= 15 is 0 Å². The second-order valence-electron chi connectivity index (χ2n) is 8.52. The van der Waals surface area contributed by atoms with Crippen LogP contribution in [0.1, 0.15) is 52.5 Å². The molecule has 28 heavy (non-hydrogen) atoms. The lowest BCUT2D eigenvalue weighted by Gasteiger charge is -2.45. The molecular weight excluding hydrogens is 447 g/mol. The Labute approximate surface area is 178 Å². The van der Waals surface area contributed by atoms with Gasteiger partial charge in [0.15, 0.2) is 5.17 Å². The summed E-state index contributed by atoms with van der Waals surface area (Å²) < 4.78 is 26.3. The number of halogens is 2. The first-order valence-corrected chi connectivity index (χ1v) is 10.9. The SMILES string of the molecule is CC(C)(C)OC(=O)NC1=N[C@](C)(c2cc(Br)ccc2F)CC2(CCOCC2)S1. The summed E-state index contributed by atoms with van der Waals surface area (Å²) in [5.41, 5.74) is -0.905. The molecule has 8 heteroatoms. The first-order valence-electron chi connectivity index (χ1n) is 9.33. The summed E-state index contributed by atoms with van der Waals surface area (Å²) in [4.78, 5) is 17.1. The van der Waals surface area contributed by atoms with Crippen molar-refractivity contribution in [2.24, 2.45) is 4.99 Å². The number of aliphatic imine (C=N–C) groups is 1. The molecule has 2 aliphatic rings. The monoisotopic (exact) mass is 472 g/mol. The van der Waals surface area contributed by atoms with Gasteiger partial charge in [-0.15, -0.1) is 0 Å². The van der Waals surface area contributed by atoms with Crippen molar-refractivity contribution in [1.82, 2.24) is 5.32 Å². The van der Waals surface area contributed by atoms with Crippen LogP contribution in [0, 0.1) is 5.82 Å². The number of benzene rings is 1. The molecule has 1 atom stereocenters. The Balaban J connectivity index is 1.97. The number of thioether (sulfide) groups is 1. The molecule has 2 aliphatic heterocycles. The number of hydrogen-bond donors (Lipinski definition) is 1. The molecule has 1 N–H and O–H groups in total. The minimum absolute atomic E-state index is 0.173. The van der Waals surface area contributed by atoms with Gasteiger partial charge in [-0.05, 0) is 65.2 Å². The van der Waals surface area contributed by atoms with Gasteiger partial charge in [-0.25, -0.2) is 9.18 Å². The minimum atomic E-state index is -0.805. The van der Waals surface area contributed by atoms with Crippen LogP contribution < -0.4 is 5.32 Å². The van der Waals surface area contributed by atoms with E-state index < -0.39 is 17.2 Å². The van der Waals surface area contributed by atoms with Gasteiger partial charge in [0, 0.05) is 28.0 Å². The first kappa shape index (κ1) is 21.6. The summed E-state index contributed by atoms with van der Waals surface area (Å²) in [7, 11) is 0. The highest BCUT2D eigenvalue weighted by Crippen LogP contribution is 2.51. The molecule has 1 fully saturated rings. The average Bonchev–Trinajstić information content (AvgIpc) is 2.55. The number of carbonyl (C=O) groups is 1. The molecule has 0 aliphatic carbocycles. The van der Waals surface area contributed by atoms with Crippen molar-refractivity contribution in [3.8, 4) is 0 Å². The zero-order valence-corrected chi connectivity index (χ0v) is 19.0. The van der Waals surface area contributed by atoms with Gasteiger partial charge >= 0.3 is 6.09 Å². The fourth-order valence-electron chi connectivity index (χ4n) is 3.69. The largest absolute Gasteiger partial charge is 0.444 e. The van der Waals surface area contributed by atoms with Crippen molar-refractivity contribution in [2.45, 2.75) is 62.8 Å². The standard InChI is InChI=1S/C20H26BrFN2O3S/c1-18(2,3)27-17(25)23-16-24-19(4,14-11-13(21)5-6-15(14)22)12-20(28-16)7-9-26-10-8-20/h5-6,11H,7-10,12H2,1-4H3,(H,23,24,25)/t19-/m0/s1. The highest BCUT2D eigenvalue weighted by Gasteiger charge is 2.47. The highest BCUT2D eigenvalue weighted by molar-refractivity contribution is 9.10. The topological polar surface area (TPSA) is 59.9 Å². The Bertz CT molecular complexity index is 790. The molecule has 1 spiro atoms. The molecule has 5 nitrogen and oxygen atoms in total. The Kier molecular flexibility index (Phi) is 6.13. The smallest absolute Gasteiger partial charge is 0.413 e. The van der Waals surface area contributed by atoms with Gasteiger partial charge in [0.05, 0.1) is 5.54 Å². The third kappa shape index (κ3) is 5.07. The van der Waals surface area contributed by atoms with Gasteiger partial charge < -0.3 is 9.47 Å². The van der Waals surface area contributed by atoms with E-state index in [0.717, 1.165) is 17.3 Å². The molecule has 0 saturated carbocycles. The van der Waals surface area contributed by atoms with Gasteiger partial charge in [0.25, 0.3) is 0 Å². The van der Waals surface area contributed by atoms with E-state index in [1.54, 1.807) is 23.9 Å². The quantitative estimate of drug-likeness (QED) is 0.596. The van der Waals surface area contributed by atoms with Crippen LogP contribution in [-0.2, 0) is 15.0 Å². The molecule has 0 radical (unpaired) electrons. The van der Waals surface area contributed by atoms with Gasteiger partial charge in [-0.3, -0.25) is 10.3 Å². The number of hydrogen-bond acceptors (Lipinski definition) is 5. The number of nitrogens with one attached hydrogen (secondary N) is 1. The number of ether oxygens (including phenoxy) is 2. The molecule has 1 aromatic rings. The predicted octanol–water partition coefficient (Wildman–Crippen LogP) is 5.37.